The van der Waals surface area contributed by atoms with Crippen molar-refractivity contribution >= 4 is 17.2 Å². The maximum atomic E-state index is 12.8. The molecule has 0 bridgehead atoms. The van der Waals surface area contributed by atoms with Crippen molar-refractivity contribution in [2.75, 3.05) is 19.4 Å². The fourth-order valence-corrected chi connectivity index (χ4v) is 2.84. The van der Waals surface area contributed by atoms with Gasteiger partial charge >= 0.3 is 0 Å². The third kappa shape index (κ3) is 5.72. The number of ketones is 1. The molecule has 0 aliphatic heterocycles. The summed E-state index contributed by atoms with van der Waals surface area (Å²) in [5.41, 5.74) is 4.56. The van der Waals surface area contributed by atoms with Crippen molar-refractivity contribution in [2.24, 2.45) is 0 Å². The average molecular weight is 386 g/mol. The van der Waals surface area contributed by atoms with Crippen LogP contribution in [0.3, 0.4) is 0 Å². The van der Waals surface area contributed by atoms with E-state index in [0.29, 0.717) is 17.9 Å². The number of carbonyl (C=O) groups is 1. The molecule has 0 radical (unpaired) electrons. The molecule has 29 heavy (non-hydrogen) atoms. The second kappa shape index (κ2) is 9.60. The van der Waals surface area contributed by atoms with Gasteiger partial charge in [-0.3, -0.25) is 4.79 Å². The summed E-state index contributed by atoms with van der Waals surface area (Å²) < 4.78 is 5.98. The molecule has 0 aliphatic carbocycles. The van der Waals surface area contributed by atoms with E-state index in [9.17, 15) is 4.79 Å². The van der Waals surface area contributed by atoms with Gasteiger partial charge in [0.05, 0.1) is 5.56 Å². The number of nitrogens with one attached hydrogen (secondary N) is 1. The Labute approximate surface area is 172 Å². The summed E-state index contributed by atoms with van der Waals surface area (Å²) in [4.78, 5) is 14.7. The lowest BCUT2D eigenvalue weighted by molar-refractivity contribution is 0.104. The van der Waals surface area contributed by atoms with Gasteiger partial charge in [-0.1, -0.05) is 48.5 Å². The Kier molecular flexibility index (Phi) is 6.69. The van der Waals surface area contributed by atoms with Gasteiger partial charge in [-0.05, 0) is 42.3 Å². The standard InChI is InChI=1S/C25H26N2O2/c1-19-9-7-8-12-23(19)26-21-13-14-25(29-18-20-10-5-4-6-11-20)22(17-21)24(28)15-16-27(2)3/h4-17,26H,18H2,1-3H3. The van der Waals surface area contributed by atoms with Crippen molar-refractivity contribution < 1.29 is 9.53 Å². The summed E-state index contributed by atoms with van der Waals surface area (Å²) in [6, 6.07) is 23.6. The molecular weight excluding hydrogens is 360 g/mol. The number of nitrogens with zero attached hydrogens (tertiary/aromatic N) is 1. The summed E-state index contributed by atoms with van der Waals surface area (Å²) >= 11 is 0. The van der Waals surface area contributed by atoms with Crippen LogP contribution in [0.1, 0.15) is 21.5 Å². The molecule has 0 atom stereocenters. The highest BCUT2D eigenvalue weighted by atomic mass is 16.5. The molecule has 0 heterocycles. The molecule has 0 saturated heterocycles. The molecule has 4 nitrogen and oxygen atoms in total. The fraction of sp³-hybridized carbons (Fsp3) is 0.160. The first-order valence-electron chi connectivity index (χ1n) is 9.55. The van der Waals surface area contributed by atoms with Crippen LogP contribution in [0.2, 0.25) is 0 Å². The van der Waals surface area contributed by atoms with Crippen molar-refractivity contribution in [2.45, 2.75) is 13.5 Å². The van der Waals surface area contributed by atoms with Crippen LogP contribution in [0.15, 0.2) is 85.1 Å². The van der Waals surface area contributed by atoms with Crippen LogP contribution >= 0.6 is 0 Å². The number of hydrogen-bond acceptors (Lipinski definition) is 4. The lowest BCUT2D eigenvalue weighted by atomic mass is 10.1. The highest BCUT2D eigenvalue weighted by molar-refractivity contribution is 6.07. The largest absolute Gasteiger partial charge is 0.488 e. The van der Waals surface area contributed by atoms with Gasteiger partial charge < -0.3 is 15.0 Å². The molecular formula is C25H26N2O2. The summed E-state index contributed by atoms with van der Waals surface area (Å²) in [6.07, 6.45) is 3.30. The smallest absolute Gasteiger partial charge is 0.191 e. The molecule has 4 heteroatoms. The molecule has 0 aromatic heterocycles. The van der Waals surface area contributed by atoms with Crippen LogP contribution in [0.5, 0.6) is 5.75 Å². The Morgan fingerprint density at radius 2 is 1.72 bits per heavy atom. The van der Waals surface area contributed by atoms with Crippen LogP contribution in [-0.4, -0.2) is 24.8 Å². The minimum absolute atomic E-state index is 0.102. The third-order valence-corrected chi connectivity index (χ3v) is 4.43. The summed E-state index contributed by atoms with van der Waals surface area (Å²) in [5.74, 6) is 0.466. The lowest BCUT2D eigenvalue weighted by Gasteiger charge is -2.14. The molecule has 148 valence electrons. The first-order chi connectivity index (χ1) is 14.0. The van der Waals surface area contributed by atoms with E-state index < -0.39 is 0 Å². The Bertz CT molecular complexity index is 995. The topological polar surface area (TPSA) is 41.6 Å². The van der Waals surface area contributed by atoms with Gasteiger partial charge in [0.1, 0.15) is 12.4 Å². The van der Waals surface area contributed by atoms with Crippen LogP contribution in [0.25, 0.3) is 0 Å². The highest BCUT2D eigenvalue weighted by Crippen LogP contribution is 2.28. The average Bonchev–Trinajstić information content (AvgIpc) is 2.73. The van der Waals surface area contributed by atoms with E-state index in [2.05, 4.69) is 5.32 Å². The van der Waals surface area contributed by atoms with E-state index in [0.717, 1.165) is 22.5 Å². The highest BCUT2D eigenvalue weighted by Gasteiger charge is 2.13. The molecule has 0 unspecified atom stereocenters. The Morgan fingerprint density at radius 3 is 2.45 bits per heavy atom. The zero-order chi connectivity index (χ0) is 20.6. The monoisotopic (exact) mass is 386 g/mol. The fourth-order valence-electron chi connectivity index (χ4n) is 2.84. The van der Waals surface area contributed by atoms with Crippen LogP contribution in [-0.2, 0) is 6.61 Å². The van der Waals surface area contributed by atoms with E-state index in [1.807, 2.05) is 98.7 Å². The number of rotatable bonds is 8. The third-order valence-electron chi connectivity index (χ3n) is 4.43. The number of ether oxygens (including phenoxy) is 1. The number of allylic oxidation sites excluding steroid dienone is 1. The van der Waals surface area contributed by atoms with Crippen molar-refractivity contribution in [3.8, 4) is 5.75 Å². The zero-order valence-corrected chi connectivity index (χ0v) is 17.1. The van der Waals surface area contributed by atoms with Gasteiger partial charge in [0, 0.05) is 37.7 Å². The zero-order valence-electron chi connectivity index (χ0n) is 17.1. The number of para-hydroxylation sites is 1. The quantitative estimate of drug-likeness (QED) is 0.406. The second-order valence-electron chi connectivity index (χ2n) is 7.07. The lowest BCUT2D eigenvalue weighted by Crippen LogP contribution is -2.06. The van der Waals surface area contributed by atoms with E-state index in [1.54, 1.807) is 12.3 Å². The van der Waals surface area contributed by atoms with Gasteiger partial charge in [0.2, 0.25) is 0 Å². The number of hydrogen-bond donors (Lipinski definition) is 1. The van der Waals surface area contributed by atoms with Crippen molar-refractivity contribution in [1.29, 1.82) is 0 Å². The minimum Gasteiger partial charge on any atom is -0.488 e. The summed E-state index contributed by atoms with van der Waals surface area (Å²) in [5, 5.41) is 3.39. The second-order valence-corrected chi connectivity index (χ2v) is 7.07. The van der Waals surface area contributed by atoms with E-state index >= 15 is 0 Å². The van der Waals surface area contributed by atoms with Crippen molar-refractivity contribution in [1.82, 2.24) is 4.90 Å². The molecule has 3 rings (SSSR count). The predicted molar refractivity (Wildman–Crippen MR) is 119 cm³/mol. The summed E-state index contributed by atoms with van der Waals surface area (Å²) in [6.45, 7) is 2.45. The molecule has 0 saturated carbocycles. The maximum absolute atomic E-state index is 12.8. The Morgan fingerprint density at radius 1 is 1.00 bits per heavy atom. The van der Waals surface area contributed by atoms with Gasteiger partial charge in [0.25, 0.3) is 0 Å². The first-order valence-corrected chi connectivity index (χ1v) is 9.55. The molecule has 0 spiro atoms. The molecule has 3 aromatic rings. The number of carbonyl (C=O) groups excluding carboxylic acids is 1. The molecule has 1 N–H and O–H groups in total. The molecule has 0 amide bonds. The number of aryl methyl sites for hydroxylation is 1. The first kappa shape index (κ1) is 20.2. The van der Waals surface area contributed by atoms with Crippen LogP contribution < -0.4 is 10.1 Å². The molecule has 3 aromatic carbocycles. The SMILES string of the molecule is Cc1ccccc1Nc1ccc(OCc2ccccc2)c(C(=O)C=CN(C)C)c1. The van der Waals surface area contributed by atoms with Crippen molar-refractivity contribution in [3.05, 3.63) is 102 Å². The molecule has 0 fully saturated rings. The van der Waals surface area contributed by atoms with E-state index in [4.69, 9.17) is 4.74 Å². The number of benzene rings is 3. The van der Waals surface area contributed by atoms with Crippen LogP contribution in [0.4, 0.5) is 11.4 Å². The van der Waals surface area contributed by atoms with Gasteiger partial charge in [0.15, 0.2) is 5.78 Å². The van der Waals surface area contributed by atoms with Gasteiger partial charge in [-0.15, -0.1) is 0 Å². The summed E-state index contributed by atoms with van der Waals surface area (Å²) in [7, 11) is 3.76. The predicted octanol–water partition coefficient (Wildman–Crippen LogP) is 5.58. The molecule has 0 aliphatic rings. The van der Waals surface area contributed by atoms with E-state index in [1.165, 1.54) is 0 Å². The van der Waals surface area contributed by atoms with Gasteiger partial charge in [-0.2, -0.15) is 0 Å². The van der Waals surface area contributed by atoms with Crippen LogP contribution in [0, 0.1) is 6.92 Å². The normalized spacial score (nSPS) is 10.7. The Balaban J connectivity index is 1.88. The van der Waals surface area contributed by atoms with E-state index in [-0.39, 0.29) is 5.78 Å². The van der Waals surface area contributed by atoms with Gasteiger partial charge in [-0.25, -0.2) is 0 Å². The Hall–Kier alpha value is -3.53. The maximum Gasteiger partial charge on any atom is 0.191 e. The minimum atomic E-state index is -0.102. The number of anilines is 2. The van der Waals surface area contributed by atoms with Crippen molar-refractivity contribution in [3.63, 3.8) is 0 Å².